The van der Waals surface area contributed by atoms with Crippen molar-refractivity contribution in [3.05, 3.63) is 11.8 Å². The van der Waals surface area contributed by atoms with E-state index >= 15 is 0 Å². The largest absolute Gasteiger partial charge is 0.477 e. The van der Waals surface area contributed by atoms with E-state index in [0.29, 0.717) is 0 Å². The molecule has 0 aliphatic rings. The molecule has 0 radical (unpaired) electrons. The molecule has 7 nitrogen and oxygen atoms in total. The average Bonchev–Trinajstić information content (AvgIpc) is 2.48. The summed E-state index contributed by atoms with van der Waals surface area (Å²) in [5.41, 5.74) is -0.172. The summed E-state index contributed by atoms with van der Waals surface area (Å²) in [6.07, 6.45) is 1.09. The maximum absolute atomic E-state index is 11.2. The van der Waals surface area contributed by atoms with Crippen LogP contribution in [0.4, 0.5) is 5.82 Å². The van der Waals surface area contributed by atoms with Crippen LogP contribution in [0.3, 0.4) is 0 Å². The minimum absolute atomic E-state index is 0.0376. The lowest BCUT2D eigenvalue weighted by Crippen LogP contribution is -2.18. The molecule has 0 saturated heterocycles. The van der Waals surface area contributed by atoms with Crippen molar-refractivity contribution >= 4 is 21.8 Å². The van der Waals surface area contributed by atoms with Crippen LogP contribution < -0.4 is 4.72 Å². The van der Waals surface area contributed by atoms with Gasteiger partial charge in [-0.1, -0.05) is 0 Å². The van der Waals surface area contributed by atoms with Crippen LogP contribution in [0.1, 0.15) is 17.3 Å². The van der Waals surface area contributed by atoms with Crippen LogP contribution in [-0.2, 0) is 17.1 Å². The standard InChI is InChI=1S/C7H11N3O4S/c1-3-15(13,14)9-6-5(7(11)12)4-8-10(6)2/h4,9H,3H2,1-2H3,(H,11,12). The zero-order chi connectivity index (χ0) is 11.6. The lowest BCUT2D eigenvalue weighted by Gasteiger charge is -2.06. The van der Waals surface area contributed by atoms with Crippen molar-refractivity contribution < 1.29 is 18.3 Å². The Morgan fingerprint density at radius 3 is 2.73 bits per heavy atom. The summed E-state index contributed by atoms with van der Waals surface area (Å²) in [5.74, 6) is -1.39. The Hall–Kier alpha value is -1.57. The Morgan fingerprint density at radius 1 is 1.67 bits per heavy atom. The van der Waals surface area contributed by atoms with Crippen LogP contribution in [0.15, 0.2) is 6.20 Å². The van der Waals surface area contributed by atoms with Gasteiger partial charge in [0.25, 0.3) is 0 Å². The van der Waals surface area contributed by atoms with E-state index in [2.05, 4.69) is 9.82 Å². The molecule has 15 heavy (non-hydrogen) atoms. The Kier molecular flexibility index (Phi) is 2.98. The van der Waals surface area contributed by atoms with E-state index in [1.54, 1.807) is 0 Å². The van der Waals surface area contributed by atoms with Gasteiger partial charge in [0.2, 0.25) is 10.0 Å². The highest BCUT2D eigenvalue weighted by atomic mass is 32.2. The predicted octanol–water partition coefficient (Wildman–Crippen LogP) is -0.120. The zero-order valence-corrected chi connectivity index (χ0v) is 9.08. The molecule has 0 unspecified atom stereocenters. The molecular formula is C7H11N3O4S. The first-order valence-electron chi connectivity index (χ1n) is 4.13. The SMILES string of the molecule is CCS(=O)(=O)Nc1c(C(=O)O)cnn1C. The van der Waals surface area contributed by atoms with Crippen LogP contribution in [-0.4, -0.2) is 35.0 Å². The van der Waals surface area contributed by atoms with E-state index < -0.39 is 16.0 Å². The molecule has 1 aromatic rings. The minimum Gasteiger partial charge on any atom is -0.477 e. The average molecular weight is 233 g/mol. The summed E-state index contributed by atoms with van der Waals surface area (Å²) in [5, 5.41) is 12.4. The maximum Gasteiger partial charge on any atom is 0.341 e. The number of aromatic nitrogens is 2. The number of carboxylic acids is 1. The number of rotatable bonds is 4. The van der Waals surface area contributed by atoms with E-state index in [-0.39, 0.29) is 17.1 Å². The molecule has 0 amide bonds. The molecule has 0 aliphatic carbocycles. The number of nitrogens with one attached hydrogen (secondary N) is 1. The molecule has 1 heterocycles. The normalized spacial score (nSPS) is 11.3. The predicted molar refractivity (Wildman–Crippen MR) is 53.3 cm³/mol. The number of aromatic carboxylic acids is 1. The molecule has 1 aromatic heterocycles. The van der Waals surface area contributed by atoms with Gasteiger partial charge >= 0.3 is 5.97 Å². The van der Waals surface area contributed by atoms with Crippen molar-refractivity contribution in [2.75, 3.05) is 10.5 Å². The number of anilines is 1. The number of hydrogen-bond acceptors (Lipinski definition) is 4. The van der Waals surface area contributed by atoms with E-state index in [1.165, 1.54) is 14.0 Å². The summed E-state index contributed by atoms with van der Waals surface area (Å²) in [6.45, 7) is 1.46. The number of aryl methyl sites for hydroxylation is 1. The summed E-state index contributed by atoms with van der Waals surface area (Å²) >= 11 is 0. The summed E-state index contributed by atoms with van der Waals surface area (Å²) < 4.78 is 25.8. The van der Waals surface area contributed by atoms with Crippen molar-refractivity contribution in [2.24, 2.45) is 7.05 Å². The van der Waals surface area contributed by atoms with Crippen LogP contribution in [0.5, 0.6) is 0 Å². The Labute approximate surface area is 86.8 Å². The third kappa shape index (κ3) is 2.46. The van der Waals surface area contributed by atoms with Gasteiger partial charge in [-0.25, -0.2) is 13.2 Å². The Morgan fingerprint density at radius 2 is 2.27 bits per heavy atom. The quantitative estimate of drug-likeness (QED) is 0.755. The summed E-state index contributed by atoms with van der Waals surface area (Å²) in [4.78, 5) is 10.7. The topological polar surface area (TPSA) is 101 Å². The molecule has 2 N–H and O–H groups in total. The van der Waals surface area contributed by atoms with Gasteiger partial charge in [-0.15, -0.1) is 0 Å². The highest BCUT2D eigenvalue weighted by Gasteiger charge is 2.18. The van der Waals surface area contributed by atoms with Crippen LogP contribution in [0.2, 0.25) is 0 Å². The summed E-state index contributed by atoms with van der Waals surface area (Å²) in [6, 6.07) is 0. The molecule has 0 bridgehead atoms. The number of carbonyl (C=O) groups is 1. The van der Waals surface area contributed by atoms with Gasteiger partial charge in [0.05, 0.1) is 11.9 Å². The second-order valence-electron chi connectivity index (χ2n) is 2.84. The fourth-order valence-corrected chi connectivity index (χ4v) is 1.62. The van der Waals surface area contributed by atoms with Crippen molar-refractivity contribution in [3.8, 4) is 0 Å². The molecule has 8 heteroatoms. The molecule has 0 atom stereocenters. The van der Waals surface area contributed by atoms with E-state index in [4.69, 9.17) is 5.11 Å². The van der Waals surface area contributed by atoms with Crippen molar-refractivity contribution in [1.29, 1.82) is 0 Å². The van der Waals surface area contributed by atoms with Crippen molar-refractivity contribution in [3.63, 3.8) is 0 Å². The molecule has 0 aromatic carbocycles. The van der Waals surface area contributed by atoms with E-state index in [0.717, 1.165) is 10.9 Å². The lowest BCUT2D eigenvalue weighted by molar-refractivity contribution is 0.0698. The third-order valence-electron chi connectivity index (χ3n) is 1.80. The van der Waals surface area contributed by atoms with Crippen molar-refractivity contribution in [1.82, 2.24) is 9.78 Å². The van der Waals surface area contributed by atoms with Gasteiger partial charge in [-0.05, 0) is 6.92 Å². The molecule has 0 spiro atoms. The van der Waals surface area contributed by atoms with Gasteiger partial charge < -0.3 is 5.11 Å². The van der Waals surface area contributed by atoms with Gasteiger partial charge in [0.15, 0.2) is 5.82 Å². The lowest BCUT2D eigenvalue weighted by atomic mass is 10.3. The third-order valence-corrected chi connectivity index (χ3v) is 3.07. The minimum atomic E-state index is -3.50. The number of hydrogen-bond donors (Lipinski definition) is 2. The number of sulfonamides is 1. The number of carboxylic acid groups (broad SMARTS) is 1. The Balaban J connectivity index is 3.14. The van der Waals surface area contributed by atoms with E-state index in [9.17, 15) is 13.2 Å². The fraction of sp³-hybridized carbons (Fsp3) is 0.429. The van der Waals surface area contributed by atoms with Crippen molar-refractivity contribution in [2.45, 2.75) is 6.92 Å². The van der Waals surface area contributed by atoms with Gasteiger partial charge in [0, 0.05) is 7.05 Å². The highest BCUT2D eigenvalue weighted by Crippen LogP contribution is 2.15. The smallest absolute Gasteiger partial charge is 0.341 e. The molecule has 84 valence electrons. The van der Waals surface area contributed by atoms with Crippen LogP contribution in [0, 0.1) is 0 Å². The molecule has 0 saturated carbocycles. The molecule has 1 rings (SSSR count). The zero-order valence-electron chi connectivity index (χ0n) is 8.26. The maximum atomic E-state index is 11.2. The second-order valence-corrected chi connectivity index (χ2v) is 4.85. The van der Waals surface area contributed by atoms with Crippen LogP contribution >= 0.6 is 0 Å². The monoisotopic (exact) mass is 233 g/mol. The molecule has 0 fully saturated rings. The Bertz CT molecular complexity index is 476. The van der Waals surface area contributed by atoms with Gasteiger partial charge in [-0.2, -0.15) is 5.10 Å². The second kappa shape index (κ2) is 3.89. The number of nitrogens with zero attached hydrogens (tertiary/aromatic N) is 2. The fourth-order valence-electron chi connectivity index (χ4n) is 0.935. The van der Waals surface area contributed by atoms with Gasteiger partial charge in [0.1, 0.15) is 5.56 Å². The highest BCUT2D eigenvalue weighted by molar-refractivity contribution is 7.92. The molecule has 0 aliphatic heterocycles. The summed E-state index contributed by atoms with van der Waals surface area (Å²) in [7, 11) is -2.04. The first-order valence-corrected chi connectivity index (χ1v) is 5.78. The first kappa shape index (κ1) is 11.5. The van der Waals surface area contributed by atoms with Gasteiger partial charge in [-0.3, -0.25) is 9.40 Å². The van der Waals surface area contributed by atoms with E-state index in [1.807, 2.05) is 0 Å². The molecular weight excluding hydrogens is 222 g/mol. The van der Waals surface area contributed by atoms with Crippen LogP contribution in [0.25, 0.3) is 0 Å². The first-order chi connectivity index (χ1) is 6.87.